The second kappa shape index (κ2) is 8.70. The lowest BCUT2D eigenvalue weighted by molar-refractivity contribution is 0.370. The summed E-state index contributed by atoms with van der Waals surface area (Å²) in [6.45, 7) is 1.96. The number of ether oxygens (including phenoxy) is 1. The van der Waals surface area contributed by atoms with Gasteiger partial charge in [-0.1, -0.05) is 18.2 Å². The monoisotopic (exact) mass is 414 g/mol. The summed E-state index contributed by atoms with van der Waals surface area (Å²) in [7, 11) is 0. The van der Waals surface area contributed by atoms with Crippen molar-refractivity contribution < 1.29 is 9.13 Å². The molecule has 3 heterocycles. The molecule has 0 bridgehead atoms. The number of halogens is 1. The Balaban J connectivity index is 1.58. The van der Waals surface area contributed by atoms with Crippen LogP contribution in [0.15, 0.2) is 79.3 Å². The molecule has 0 aliphatic carbocycles. The van der Waals surface area contributed by atoms with Crippen molar-refractivity contribution in [1.29, 1.82) is 0 Å². The summed E-state index contributed by atoms with van der Waals surface area (Å²) in [5, 5.41) is 3.42. The van der Waals surface area contributed by atoms with E-state index in [1.165, 1.54) is 12.1 Å². The van der Waals surface area contributed by atoms with Crippen molar-refractivity contribution in [1.82, 2.24) is 19.9 Å². The van der Waals surface area contributed by atoms with Crippen LogP contribution in [0.25, 0.3) is 22.5 Å². The number of piperidine rings is 1. The highest BCUT2D eigenvalue weighted by Gasteiger charge is 2.23. The molecule has 0 atom stereocenters. The van der Waals surface area contributed by atoms with Gasteiger partial charge in [-0.15, -0.1) is 0 Å². The van der Waals surface area contributed by atoms with Gasteiger partial charge in [0.15, 0.2) is 0 Å². The van der Waals surface area contributed by atoms with E-state index >= 15 is 0 Å². The zero-order chi connectivity index (χ0) is 21.0. The SMILES string of the molecule is Fc1ccc(-c2ncn(C3CCNCC3)c2-c2ccnc(Oc3ccccc3)c2)cc1. The Morgan fingerprint density at radius 1 is 0.903 bits per heavy atom. The largest absolute Gasteiger partial charge is 0.439 e. The van der Waals surface area contributed by atoms with E-state index < -0.39 is 0 Å². The Labute approximate surface area is 180 Å². The van der Waals surface area contributed by atoms with Crippen molar-refractivity contribution in [3.05, 3.63) is 85.1 Å². The maximum Gasteiger partial charge on any atom is 0.219 e. The molecular formula is C25H23FN4O. The van der Waals surface area contributed by atoms with Gasteiger partial charge in [-0.2, -0.15) is 0 Å². The molecular weight excluding hydrogens is 391 g/mol. The number of imidazole rings is 1. The van der Waals surface area contributed by atoms with E-state index in [2.05, 4.69) is 14.9 Å². The third-order valence-electron chi connectivity index (χ3n) is 5.59. The Bertz CT molecular complexity index is 1150. The second-order valence-corrected chi connectivity index (χ2v) is 7.63. The van der Waals surface area contributed by atoms with E-state index in [0.29, 0.717) is 11.9 Å². The molecule has 0 radical (unpaired) electrons. The maximum atomic E-state index is 13.5. The van der Waals surface area contributed by atoms with Crippen LogP contribution in [0.2, 0.25) is 0 Å². The first-order valence-corrected chi connectivity index (χ1v) is 10.5. The number of pyridine rings is 1. The van der Waals surface area contributed by atoms with Gasteiger partial charge in [0.1, 0.15) is 11.6 Å². The highest BCUT2D eigenvalue weighted by atomic mass is 19.1. The topological polar surface area (TPSA) is 52.0 Å². The van der Waals surface area contributed by atoms with E-state index in [4.69, 9.17) is 9.72 Å². The molecule has 31 heavy (non-hydrogen) atoms. The number of para-hydroxylation sites is 1. The van der Waals surface area contributed by atoms with Crippen LogP contribution in [0.5, 0.6) is 11.6 Å². The first kappa shape index (κ1) is 19.5. The number of hydrogen-bond donors (Lipinski definition) is 1. The minimum absolute atomic E-state index is 0.259. The molecule has 1 aliphatic heterocycles. The summed E-state index contributed by atoms with van der Waals surface area (Å²) in [6.07, 6.45) is 5.72. The van der Waals surface area contributed by atoms with E-state index in [-0.39, 0.29) is 5.82 Å². The van der Waals surface area contributed by atoms with Crippen LogP contribution in [0.3, 0.4) is 0 Å². The van der Waals surface area contributed by atoms with Gasteiger partial charge in [-0.25, -0.2) is 14.4 Å². The zero-order valence-electron chi connectivity index (χ0n) is 17.0. The van der Waals surface area contributed by atoms with Gasteiger partial charge in [0.2, 0.25) is 5.88 Å². The highest BCUT2D eigenvalue weighted by Crippen LogP contribution is 2.36. The Morgan fingerprint density at radius 3 is 2.45 bits per heavy atom. The lowest BCUT2D eigenvalue weighted by atomic mass is 10.0. The number of nitrogens with zero attached hydrogens (tertiary/aromatic N) is 3. The third-order valence-corrected chi connectivity index (χ3v) is 5.59. The molecule has 0 amide bonds. The molecule has 156 valence electrons. The van der Waals surface area contributed by atoms with Crippen LogP contribution in [0.4, 0.5) is 4.39 Å². The summed E-state index contributed by atoms with van der Waals surface area (Å²) in [6, 6.07) is 20.4. The first-order valence-electron chi connectivity index (χ1n) is 10.5. The van der Waals surface area contributed by atoms with Gasteiger partial charge in [-0.3, -0.25) is 0 Å². The molecule has 1 aliphatic rings. The van der Waals surface area contributed by atoms with Crippen molar-refractivity contribution in [2.24, 2.45) is 0 Å². The van der Waals surface area contributed by atoms with Crippen LogP contribution in [0.1, 0.15) is 18.9 Å². The molecule has 6 heteroatoms. The van der Waals surface area contributed by atoms with Crippen LogP contribution in [0, 0.1) is 5.82 Å². The van der Waals surface area contributed by atoms with Crippen LogP contribution < -0.4 is 10.1 Å². The van der Waals surface area contributed by atoms with Crippen LogP contribution in [-0.2, 0) is 0 Å². The molecule has 0 spiro atoms. The van der Waals surface area contributed by atoms with Crippen LogP contribution >= 0.6 is 0 Å². The van der Waals surface area contributed by atoms with Gasteiger partial charge in [-0.05, 0) is 68.4 Å². The summed E-state index contributed by atoms with van der Waals surface area (Å²) in [5.41, 5.74) is 3.68. The van der Waals surface area contributed by atoms with Crippen LogP contribution in [-0.4, -0.2) is 27.6 Å². The van der Waals surface area contributed by atoms with Crippen molar-refractivity contribution in [3.63, 3.8) is 0 Å². The Hall–Kier alpha value is -3.51. The predicted octanol–water partition coefficient (Wildman–Crippen LogP) is 5.47. The summed E-state index contributed by atoms with van der Waals surface area (Å²) >= 11 is 0. The lowest BCUT2D eigenvalue weighted by Crippen LogP contribution is -2.29. The number of nitrogens with one attached hydrogen (secondary N) is 1. The molecule has 1 N–H and O–H groups in total. The minimum atomic E-state index is -0.259. The first-order chi connectivity index (χ1) is 15.3. The Morgan fingerprint density at radius 2 is 1.68 bits per heavy atom. The third kappa shape index (κ3) is 4.20. The molecule has 2 aromatic heterocycles. The number of benzene rings is 2. The number of hydrogen-bond acceptors (Lipinski definition) is 4. The summed E-state index contributed by atoms with van der Waals surface area (Å²) in [4.78, 5) is 9.13. The van der Waals surface area contributed by atoms with Crippen molar-refractivity contribution in [2.45, 2.75) is 18.9 Å². The molecule has 0 unspecified atom stereocenters. The quantitative estimate of drug-likeness (QED) is 0.471. The lowest BCUT2D eigenvalue weighted by Gasteiger charge is -2.26. The van der Waals surface area contributed by atoms with E-state index in [1.54, 1.807) is 18.3 Å². The fraction of sp³-hybridized carbons (Fsp3) is 0.200. The standard InChI is InChI=1S/C25H23FN4O/c26-20-8-6-18(7-9-20)24-25(30(17-29-24)21-11-13-27-14-12-21)19-10-15-28-23(16-19)31-22-4-2-1-3-5-22/h1-10,15-17,21,27H,11-14H2. The smallest absolute Gasteiger partial charge is 0.219 e. The Kier molecular flexibility index (Phi) is 5.46. The summed E-state index contributed by atoms with van der Waals surface area (Å²) < 4.78 is 21.7. The fourth-order valence-electron chi connectivity index (χ4n) is 4.05. The van der Waals surface area contributed by atoms with E-state index in [9.17, 15) is 4.39 Å². The second-order valence-electron chi connectivity index (χ2n) is 7.63. The molecule has 4 aromatic rings. The normalized spacial score (nSPS) is 14.5. The van der Waals surface area contributed by atoms with Gasteiger partial charge >= 0.3 is 0 Å². The van der Waals surface area contributed by atoms with Gasteiger partial charge < -0.3 is 14.6 Å². The van der Waals surface area contributed by atoms with Gasteiger partial charge in [0.05, 0.1) is 17.7 Å². The fourth-order valence-corrected chi connectivity index (χ4v) is 4.05. The minimum Gasteiger partial charge on any atom is -0.439 e. The number of aromatic nitrogens is 3. The average Bonchev–Trinajstić information content (AvgIpc) is 3.26. The van der Waals surface area contributed by atoms with Crippen molar-refractivity contribution in [2.75, 3.05) is 13.1 Å². The molecule has 2 aromatic carbocycles. The molecule has 5 rings (SSSR count). The number of rotatable bonds is 5. The summed E-state index contributed by atoms with van der Waals surface area (Å²) in [5.74, 6) is 0.995. The highest BCUT2D eigenvalue weighted by molar-refractivity contribution is 5.79. The molecule has 1 saturated heterocycles. The van der Waals surface area contributed by atoms with Crippen molar-refractivity contribution in [3.8, 4) is 34.1 Å². The van der Waals surface area contributed by atoms with E-state index in [0.717, 1.165) is 54.2 Å². The average molecular weight is 414 g/mol. The predicted molar refractivity (Wildman–Crippen MR) is 119 cm³/mol. The van der Waals surface area contributed by atoms with Crippen molar-refractivity contribution >= 4 is 0 Å². The maximum absolute atomic E-state index is 13.5. The van der Waals surface area contributed by atoms with Gasteiger partial charge in [0.25, 0.3) is 0 Å². The molecule has 1 fully saturated rings. The zero-order valence-corrected chi connectivity index (χ0v) is 17.0. The molecule has 5 nitrogen and oxygen atoms in total. The van der Waals surface area contributed by atoms with Gasteiger partial charge in [0, 0.05) is 29.4 Å². The van der Waals surface area contributed by atoms with E-state index in [1.807, 2.05) is 48.8 Å². The molecule has 0 saturated carbocycles.